The Balaban J connectivity index is 0.00000216. The molecule has 0 fully saturated rings. The molecule has 4 rings (SSSR count). The van der Waals surface area contributed by atoms with Crippen molar-refractivity contribution in [2.75, 3.05) is 43.7 Å². The molecule has 8 heteroatoms. The third kappa shape index (κ3) is 8.26. The van der Waals surface area contributed by atoms with E-state index in [1.165, 1.54) is 9.60 Å². The summed E-state index contributed by atoms with van der Waals surface area (Å²) in [5, 5.41) is 0.995. The summed E-state index contributed by atoms with van der Waals surface area (Å²) in [5.41, 5.74) is 4.66. The van der Waals surface area contributed by atoms with Crippen LogP contribution < -0.4 is 9.80 Å². The van der Waals surface area contributed by atoms with Crippen molar-refractivity contribution in [1.29, 1.82) is 0 Å². The lowest BCUT2D eigenvalue weighted by molar-refractivity contribution is 0.0559. The topological polar surface area (TPSA) is 67.8 Å². The van der Waals surface area contributed by atoms with E-state index < -0.39 is 11.7 Å². The molecule has 214 valence electrons. The molecule has 0 unspecified atom stereocenters. The second-order valence-corrected chi connectivity index (χ2v) is 11.3. The maximum Gasteiger partial charge on any atom is 0.416 e. The van der Waals surface area contributed by atoms with Gasteiger partial charge in [0, 0.05) is 43.7 Å². The molecule has 0 spiro atoms. The van der Waals surface area contributed by atoms with Crippen LogP contribution >= 0.6 is 11.3 Å². The van der Waals surface area contributed by atoms with Crippen molar-refractivity contribution in [3.05, 3.63) is 60.8 Å². The summed E-state index contributed by atoms with van der Waals surface area (Å²) in [6.07, 6.45) is 2.28. The molecule has 2 heterocycles. The van der Waals surface area contributed by atoms with Crippen LogP contribution in [0.15, 0.2) is 60.8 Å². The van der Waals surface area contributed by atoms with Crippen LogP contribution in [0.2, 0.25) is 0 Å². The van der Waals surface area contributed by atoms with Gasteiger partial charge in [-0.1, -0.05) is 45.0 Å². The van der Waals surface area contributed by atoms with Crippen molar-refractivity contribution in [3.8, 4) is 21.7 Å². The summed E-state index contributed by atoms with van der Waals surface area (Å²) in [5.74, 6) is 0.534. The van der Waals surface area contributed by atoms with Gasteiger partial charge in [0.15, 0.2) is 0 Å². The van der Waals surface area contributed by atoms with Crippen LogP contribution in [0.1, 0.15) is 48.0 Å². The molecular formula is C32H42N4O3S. The predicted molar refractivity (Wildman–Crippen MR) is 169 cm³/mol. The second kappa shape index (κ2) is 14.2. The Morgan fingerprint density at radius 3 is 2.20 bits per heavy atom. The van der Waals surface area contributed by atoms with E-state index in [0.29, 0.717) is 25.6 Å². The quantitative estimate of drug-likeness (QED) is 0.191. The van der Waals surface area contributed by atoms with E-state index in [4.69, 9.17) is 14.5 Å². The summed E-state index contributed by atoms with van der Waals surface area (Å²) in [6.45, 7) is 13.1. The van der Waals surface area contributed by atoms with Crippen molar-refractivity contribution in [3.63, 3.8) is 0 Å². The molecule has 4 aromatic rings. The maximum atomic E-state index is 12.9. The molecule has 0 atom stereocenters. The zero-order valence-electron chi connectivity index (χ0n) is 25.0. The number of carbonyl (C=O) groups excluding carboxylic acids is 1. The highest BCUT2D eigenvalue weighted by atomic mass is 32.1. The Morgan fingerprint density at radius 1 is 0.925 bits per heavy atom. The van der Waals surface area contributed by atoms with Crippen LogP contribution in [-0.4, -0.2) is 55.5 Å². The lowest BCUT2D eigenvalue weighted by atomic mass is 10.1. The van der Waals surface area contributed by atoms with E-state index in [2.05, 4.69) is 59.3 Å². The highest BCUT2D eigenvalue weighted by Gasteiger charge is 2.24. The van der Waals surface area contributed by atoms with Crippen molar-refractivity contribution in [1.82, 2.24) is 9.97 Å². The molecule has 0 radical (unpaired) electrons. The smallest absolute Gasteiger partial charge is 0.416 e. The number of nitrogens with zero attached hydrogens (tertiary/aromatic N) is 4. The first-order chi connectivity index (χ1) is 19.1. The highest BCUT2D eigenvalue weighted by molar-refractivity contribution is 7.21. The highest BCUT2D eigenvalue weighted by Crippen LogP contribution is 2.33. The van der Waals surface area contributed by atoms with E-state index in [1.807, 2.05) is 60.8 Å². The van der Waals surface area contributed by atoms with Gasteiger partial charge in [-0.3, -0.25) is 4.90 Å². The van der Waals surface area contributed by atoms with E-state index >= 15 is 0 Å². The van der Waals surface area contributed by atoms with Crippen molar-refractivity contribution < 1.29 is 14.3 Å². The van der Waals surface area contributed by atoms with Crippen LogP contribution in [0.3, 0.4) is 0 Å². The number of carbonyl (C=O) groups is 1. The first-order valence-corrected chi connectivity index (χ1v) is 14.7. The maximum absolute atomic E-state index is 12.9. The first kappa shape index (κ1) is 31.0. The Hall–Kier alpha value is -3.49. The van der Waals surface area contributed by atoms with Crippen molar-refractivity contribution >= 4 is 39.2 Å². The zero-order valence-corrected chi connectivity index (χ0v) is 25.8. The predicted octanol–water partition coefficient (Wildman–Crippen LogP) is 8.29. The number of thiazole rings is 1. The fourth-order valence-electron chi connectivity index (χ4n) is 3.86. The van der Waals surface area contributed by atoms with Gasteiger partial charge in [-0.25, -0.2) is 14.8 Å². The van der Waals surface area contributed by atoms with Gasteiger partial charge in [-0.2, -0.15) is 0 Å². The van der Waals surface area contributed by atoms with Crippen LogP contribution in [0.25, 0.3) is 31.9 Å². The molecule has 0 saturated carbocycles. The van der Waals surface area contributed by atoms with Gasteiger partial charge in [-0.05, 0) is 63.1 Å². The summed E-state index contributed by atoms with van der Waals surface area (Å²) < 4.78 is 12.4. The Kier molecular flexibility index (Phi) is 11.0. The Labute approximate surface area is 242 Å². The average Bonchev–Trinajstić information content (AvgIpc) is 3.37. The Bertz CT molecular complexity index is 1360. The number of amides is 1. The van der Waals surface area contributed by atoms with Crippen LogP contribution in [0, 0.1) is 0 Å². The van der Waals surface area contributed by atoms with Crippen LogP contribution in [-0.2, 0) is 9.47 Å². The summed E-state index contributed by atoms with van der Waals surface area (Å²) >= 11 is 1.69. The third-order valence-corrected chi connectivity index (χ3v) is 6.87. The molecule has 2 aromatic carbocycles. The molecule has 0 aliphatic heterocycles. The summed E-state index contributed by atoms with van der Waals surface area (Å²) in [7, 11) is 4.08. The van der Waals surface area contributed by atoms with Crippen LogP contribution in [0.4, 0.5) is 16.3 Å². The molecule has 7 nitrogen and oxygen atoms in total. The molecule has 0 N–H and O–H groups in total. The van der Waals surface area contributed by atoms with Gasteiger partial charge in [0.05, 0.1) is 23.4 Å². The molecule has 0 aliphatic carbocycles. The zero-order chi connectivity index (χ0) is 29.3. The minimum atomic E-state index is -0.598. The number of fused-ring (bicyclic) bond motifs is 1. The number of rotatable bonds is 9. The number of pyridine rings is 1. The van der Waals surface area contributed by atoms with Crippen LogP contribution in [0.5, 0.6) is 0 Å². The third-order valence-electron chi connectivity index (χ3n) is 5.80. The normalized spacial score (nSPS) is 11.1. The number of hydrogen-bond acceptors (Lipinski definition) is 7. The van der Waals surface area contributed by atoms with Crippen molar-refractivity contribution in [2.24, 2.45) is 0 Å². The Morgan fingerprint density at radius 2 is 1.60 bits per heavy atom. The van der Waals surface area contributed by atoms with Gasteiger partial charge >= 0.3 is 6.09 Å². The lowest BCUT2D eigenvalue weighted by Crippen LogP contribution is -2.39. The minimum absolute atomic E-state index is 0.369. The summed E-state index contributed by atoms with van der Waals surface area (Å²) in [4.78, 5) is 25.9. The second-order valence-electron chi connectivity index (χ2n) is 10.3. The van der Waals surface area contributed by atoms with Gasteiger partial charge in [0.25, 0.3) is 0 Å². The summed E-state index contributed by atoms with van der Waals surface area (Å²) in [6, 6.07) is 18.5. The monoisotopic (exact) mass is 562 g/mol. The minimum Gasteiger partial charge on any atom is -0.443 e. The van der Waals surface area contributed by atoms with Crippen molar-refractivity contribution in [2.45, 2.75) is 53.6 Å². The van der Waals surface area contributed by atoms with Gasteiger partial charge in [-0.15, -0.1) is 11.3 Å². The fraction of sp³-hybridized carbons (Fsp3) is 0.406. The van der Waals surface area contributed by atoms with E-state index in [-0.39, 0.29) is 0 Å². The SMILES string of the molecule is CC.CCCOCCN(C(=O)OC(C)(C)C)c1ccc(-c2ccc(-c3nc4ccc(N(C)C)cc4s3)cc2)cn1. The lowest BCUT2D eigenvalue weighted by Gasteiger charge is -2.26. The van der Waals surface area contributed by atoms with Gasteiger partial charge < -0.3 is 14.4 Å². The number of aromatic nitrogens is 2. The molecule has 1 amide bonds. The van der Waals surface area contributed by atoms with E-state index in [1.54, 1.807) is 17.5 Å². The molecule has 40 heavy (non-hydrogen) atoms. The standard InChI is InChI=1S/C30H36N4O3S.C2H6/c1-7-17-36-18-16-34(29(35)37-30(2,3)4)27-15-12-23(20-31-27)21-8-10-22(11-9-21)28-32-25-14-13-24(33(5)6)19-26(25)38-28;1-2/h8-15,19-20H,7,16-18H2,1-6H3;1-2H3. The molecule has 0 aliphatic rings. The average molecular weight is 563 g/mol. The molecular weight excluding hydrogens is 520 g/mol. The molecule has 0 bridgehead atoms. The number of benzene rings is 2. The number of anilines is 2. The van der Waals surface area contributed by atoms with E-state index in [9.17, 15) is 4.79 Å². The molecule has 2 aromatic heterocycles. The molecule has 0 saturated heterocycles. The largest absolute Gasteiger partial charge is 0.443 e. The first-order valence-electron chi connectivity index (χ1n) is 13.9. The fourth-order valence-corrected chi connectivity index (χ4v) is 4.86. The van der Waals surface area contributed by atoms with Gasteiger partial charge in [0.2, 0.25) is 0 Å². The number of hydrogen-bond donors (Lipinski definition) is 0. The van der Waals surface area contributed by atoms with E-state index in [0.717, 1.165) is 39.3 Å². The number of ether oxygens (including phenoxy) is 2. The van der Waals surface area contributed by atoms with Gasteiger partial charge in [0.1, 0.15) is 16.4 Å².